The molecular weight excluding hydrogens is 300 g/mol. The van der Waals surface area contributed by atoms with Crippen LogP contribution in [0.2, 0.25) is 0 Å². The average Bonchev–Trinajstić information content (AvgIpc) is 2.59. The molecule has 0 spiro atoms. The van der Waals surface area contributed by atoms with Crippen LogP contribution in [0, 0.1) is 0 Å². The minimum atomic E-state index is 0.0735. The second-order valence-corrected chi connectivity index (χ2v) is 6.20. The van der Waals surface area contributed by atoms with E-state index in [-0.39, 0.29) is 11.9 Å². The molecule has 2 atom stereocenters. The largest absolute Gasteiger partial charge is 0.356 e. The molecule has 1 rings (SSSR count). The minimum Gasteiger partial charge on any atom is -0.356 e. The van der Waals surface area contributed by atoms with E-state index in [9.17, 15) is 4.79 Å². The number of aliphatic imine (C=N–C) groups is 1. The number of hydrogen-bond donors (Lipinski definition) is 3. The van der Waals surface area contributed by atoms with E-state index in [1.807, 2.05) is 13.0 Å². The Balaban J connectivity index is 2.25. The highest BCUT2D eigenvalue weighted by molar-refractivity contribution is 5.81. The number of amides is 1. The van der Waals surface area contributed by atoms with E-state index < -0.39 is 0 Å². The van der Waals surface area contributed by atoms with Gasteiger partial charge in [-0.1, -0.05) is 37.3 Å². The highest BCUT2D eigenvalue weighted by Crippen LogP contribution is 2.04. The van der Waals surface area contributed by atoms with Gasteiger partial charge in [0.1, 0.15) is 0 Å². The van der Waals surface area contributed by atoms with Crippen LogP contribution in [0.1, 0.15) is 45.6 Å². The quantitative estimate of drug-likeness (QED) is 0.481. The zero-order valence-electron chi connectivity index (χ0n) is 15.4. The van der Waals surface area contributed by atoms with Crippen molar-refractivity contribution < 1.29 is 4.79 Å². The molecule has 0 aromatic heterocycles. The summed E-state index contributed by atoms with van der Waals surface area (Å²) in [6.45, 7) is 6.80. The zero-order chi connectivity index (χ0) is 17.8. The first kappa shape index (κ1) is 20.0. The second-order valence-electron chi connectivity index (χ2n) is 6.20. The van der Waals surface area contributed by atoms with Crippen molar-refractivity contribution >= 4 is 11.9 Å². The van der Waals surface area contributed by atoms with Gasteiger partial charge in [-0.05, 0) is 38.7 Å². The third-order valence-electron chi connectivity index (χ3n) is 3.98. The van der Waals surface area contributed by atoms with Crippen molar-refractivity contribution in [1.29, 1.82) is 0 Å². The highest BCUT2D eigenvalue weighted by atomic mass is 16.1. The lowest BCUT2D eigenvalue weighted by atomic mass is 10.1. The Morgan fingerprint density at radius 3 is 2.46 bits per heavy atom. The average molecular weight is 332 g/mol. The standard InChI is InChI=1S/C19H32N4O/c1-5-15(2)22-18(24)13-14-21-19(20-4)23-16(3)11-12-17-9-7-6-8-10-17/h6-10,15-16H,5,11-14H2,1-4H3,(H,22,24)(H2,20,21,23). The first-order chi connectivity index (χ1) is 11.5. The van der Waals surface area contributed by atoms with E-state index in [2.05, 4.69) is 59.1 Å². The molecule has 0 aliphatic rings. The van der Waals surface area contributed by atoms with Gasteiger partial charge in [-0.15, -0.1) is 0 Å². The van der Waals surface area contributed by atoms with Crippen LogP contribution in [0.15, 0.2) is 35.3 Å². The SMILES string of the molecule is CCC(C)NC(=O)CCNC(=NC)NC(C)CCc1ccccc1. The Hall–Kier alpha value is -2.04. The summed E-state index contributed by atoms with van der Waals surface area (Å²) in [6, 6.07) is 11.0. The lowest BCUT2D eigenvalue weighted by Gasteiger charge is -2.18. The molecule has 5 nitrogen and oxygen atoms in total. The summed E-state index contributed by atoms with van der Waals surface area (Å²) in [7, 11) is 1.75. The van der Waals surface area contributed by atoms with Gasteiger partial charge < -0.3 is 16.0 Å². The van der Waals surface area contributed by atoms with Crippen LogP contribution in [-0.2, 0) is 11.2 Å². The van der Waals surface area contributed by atoms with Crippen LogP contribution >= 0.6 is 0 Å². The Kier molecular flexibility index (Phi) is 9.58. The van der Waals surface area contributed by atoms with E-state index in [0.717, 1.165) is 25.2 Å². The fraction of sp³-hybridized carbons (Fsp3) is 0.579. The summed E-state index contributed by atoms with van der Waals surface area (Å²) in [6.07, 6.45) is 3.45. The van der Waals surface area contributed by atoms with Crippen molar-refractivity contribution in [3.8, 4) is 0 Å². The topological polar surface area (TPSA) is 65.5 Å². The van der Waals surface area contributed by atoms with Gasteiger partial charge in [0.15, 0.2) is 5.96 Å². The molecule has 134 valence electrons. The summed E-state index contributed by atoms with van der Waals surface area (Å²) in [5, 5.41) is 9.53. The Bertz CT molecular complexity index is 501. The Morgan fingerprint density at radius 1 is 1.12 bits per heavy atom. The molecule has 1 aromatic carbocycles. The molecule has 1 amide bonds. The molecule has 0 radical (unpaired) electrons. The summed E-state index contributed by atoms with van der Waals surface area (Å²) < 4.78 is 0. The second kappa shape index (κ2) is 11.5. The lowest BCUT2D eigenvalue weighted by Crippen LogP contribution is -2.43. The maximum absolute atomic E-state index is 11.8. The molecule has 0 heterocycles. The van der Waals surface area contributed by atoms with Crippen molar-refractivity contribution in [2.75, 3.05) is 13.6 Å². The molecule has 3 N–H and O–H groups in total. The molecule has 1 aromatic rings. The van der Waals surface area contributed by atoms with Crippen LogP contribution in [0.4, 0.5) is 0 Å². The highest BCUT2D eigenvalue weighted by Gasteiger charge is 2.08. The van der Waals surface area contributed by atoms with Crippen LogP contribution < -0.4 is 16.0 Å². The number of benzene rings is 1. The molecule has 0 saturated carbocycles. The van der Waals surface area contributed by atoms with E-state index in [4.69, 9.17) is 0 Å². The van der Waals surface area contributed by atoms with Gasteiger partial charge in [0.05, 0.1) is 0 Å². The minimum absolute atomic E-state index is 0.0735. The normalized spacial score (nSPS) is 13.9. The first-order valence-corrected chi connectivity index (χ1v) is 8.85. The van der Waals surface area contributed by atoms with Gasteiger partial charge >= 0.3 is 0 Å². The fourth-order valence-electron chi connectivity index (χ4n) is 2.27. The van der Waals surface area contributed by atoms with Crippen molar-refractivity contribution in [2.45, 2.75) is 58.5 Å². The van der Waals surface area contributed by atoms with Crippen molar-refractivity contribution in [3.05, 3.63) is 35.9 Å². The van der Waals surface area contributed by atoms with Crippen LogP contribution in [0.5, 0.6) is 0 Å². The number of nitrogens with zero attached hydrogens (tertiary/aromatic N) is 1. The fourth-order valence-corrected chi connectivity index (χ4v) is 2.27. The van der Waals surface area contributed by atoms with E-state index >= 15 is 0 Å². The number of aryl methyl sites for hydroxylation is 1. The Labute approximate surface area is 146 Å². The van der Waals surface area contributed by atoms with Crippen molar-refractivity contribution in [1.82, 2.24) is 16.0 Å². The van der Waals surface area contributed by atoms with Crippen LogP contribution in [0.25, 0.3) is 0 Å². The molecule has 0 aliphatic heterocycles. The van der Waals surface area contributed by atoms with Gasteiger partial charge in [-0.25, -0.2) is 0 Å². The third-order valence-corrected chi connectivity index (χ3v) is 3.98. The van der Waals surface area contributed by atoms with Crippen LogP contribution in [0.3, 0.4) is 0 Å². The summed E-state index contributed by atoms with van der Waals surface area (Å²) in [5.74, 6) is 0.816. The number of carbonyl (C=O) groups excluding carboxylic acids is 1. The smallest absolute Gasteiger partial charge is 0.221 e. The van der Waals surface area contributed by atoms with E-state index in [0.29, 0.717) is 19.0 Å². The predicted octanol–water partition coefficient (Wildman–Crippen LogP) is 2.48. The molecule has 24 heavy (non-hydrogen) atoms. The number of hydrogen-bond acceptors (Lipinski definition) is 2. The maximum Gasteiger partial charge on any atom is 0.221 e. The maximum atomic E-state index is 11.8. The summed E-state index contributed by atoms with van der Waals surface area (Å²) >= 11 is 0. The van der Waals surface area contributed by atoms with E-state index in [1.54, 1.807) is 7.05 Å². The number of rotatable bonds is 9. The molecule has 0 saturated heterocycles. The number of guanidine groups is 1. The summed E-state index contributed by atoms with van der Waals surface area (Å²) in [5.41, 5.74) is 1.34. The molecule has 2 unspecified atom stereocenters. The number of nitrogens with one attached hydrogen (secondary N) is 3. The molecular formula is C19H32N4O. The van der Waals surface area contributed by atoms with Crippen molar-refractivity contribution in [3.63, 3.8) is 0 Å². The molecule has 0 aliphatic carbocycles. The van der Waals surface area contributed by atoms with Gasteiger partial charge in [-0.3, -0.25) is 9.79 Å². The summed E-state index contributed by atoms with van der Waals surface area (Å²) in [4.78, 5) is 16.0. The number of carbonyl (C=O) groups is 1. The molecule has 0 fully saturated rings. The van der Waals surface area contributed by atoms with Gasteiger partial charge in [0.25, 0.3) is 0 Å². The monoisotopic (exact) mass is 332 g/mol. The Morgan fingerprint density at radius 2 is 1.83 bits per heavy atom. The van der Waals surface area contributed by atoms with Crippen LogP contribution in [-0.4, -0.2) is 37.5 Å². The molecule has 0 bridgehead atoms. The predicted molar refractivity (Wildman–Crippen MR) is 101 cm³/mol. The molecule has 5 heteroatoms. The first-order valence-electron chi connectivity index (χ1n) is 8.85. The van der Waals surface area contributed by atoms with Crippen molar-refractivity contribution in [2.24, 2.45) is 4.99 Å². The van der Waals surface area contributed by atoms with E-state index in [1.165, 1.54) is 5.56 Å². The lowest BCUT2D eigenvalue weighted by molar-refractivity contribution is -0.121. The zero-order valence-corrected chi connectivity index (χ0v) is 15.4. The van der Waals surface area contributed by atoms with Gasteiger partial charge in [0, 0.05) is 32.1 Å². The van der Waals surface area contributed by atoms with Gasteiger partial charge in [0.2, 0.25) is 5.91 Å². The van der Waals surface area contributed by atoms with Gasteiger partial charge in [-0.2, -0.15) is 0 Å². The third kappa shape index (κ3) is 8.56.